The molecule has 0 amide bonds. The second-order valence-electron chi connectivity index (χ2n) is 6.93. The van der Waals surface area contributed by atoms with Crippen molar-refractivity contribution in [3.05, 3.63) is 29.3 Å². The first-order valence-electron chi connectivity index (χ1n) is 6.76. The quantitative estimate of drug-likeness (QED) is 0.811. The number of ketones is 1. The molecule has 0 saturated heterocycles. The molecule has 0 aliphatic rings. The number of hydrogen-bond donors (Lipinski definition) is 0. The van der Waals surface area contributed by atoms with Gasteiger partial charge in [-0.1, -0.05) is 46.8 Å². The summed E-state index contributed by atoms with van der Waals surface area (Å²) in [7, 11) is 1.68. The van der Waals surface area contributed by atoms with Gasteiger partial charge in [0.15, 0.2) is 0 Å². The molecule has 0 unspecified atom stereocenters. The van der Waals surface area contributed by atoms with Crippen LogP contribution in [0, 0.1) is 0 Å². The second-order valence-corrected chi connectivity index (χ2v) is 6.93. The molecule has 0 radical (unpaired) electrons. The number of carbonyl (C=O) groups is 1. The van der Waals surface area contributed by atoms with Crippen molar-refractivity contribution in [3.8, 4) is 5.75 Å². The summed E-state index contributed by atoms with van der Waals surface area (Å²) in [6, 6.07) is 6.30. The van der Waals surface area contributed by atoms with Gasteiger partial charge in [-0.05, 0) is 24.0 Å². The minimum Gasteiger partial charge on any atom is -0.496 e. The van der Waals surface area contributed by atoms with E-state index in [9.17, 15) is 4.79 Å². The number of Topliss-reactive ketones (excluding diaryl/α,β-unsaturated/α-hetero) is 1. The normalized spacial score (nSPS) is 12.4. The van der Waals surface area contributed by atoms with Crippen LogP contribution < -0.4 is 4.74 Å². The zero-order valence-electron chi connectivity index (χ0n) is 13.3. The molecule has 0 fully saturated rings. The molecular formula is C17H26O2. The molecule has 0 aromatic heterocycles. The summed E-state index contributed by atoms with van der Waals surface area (Å²) < 4.78 is 5.47. The maximum atomic E-state index is 11.5. The van der Waals surface area contributed by atoms with Crippen molar-refractivity contribution in [2.75, 3.05) is 7.11 Å². The van der Waals surface area contributed by atoms with E-state index in [1.807, 2.05) is 6.07 Å². The van der Waals surface area contributed by atoms with Crippen LogP contribution in [0.4, 0.5) is 0 Å². The van der Waals surface area contributed by atoms with Gasteiger partial charge in [-0.15, -0.1) is 0 Å². The zero-order chi connectivity index (χ0) is 14.8. The Bertz CT molecular complexity index is 465. The highest BCUT2D eigenvalue weighted by Gasteiger charge is 2.28. The van der Waals surface area contributed by atoms with Gasteiger partial charge in [-0.2, -0.15) is 0 Å². The molecule has 2 heteroatoms. The van der Waals surface area contributed by atoms with Crippen LogP contribution in [-0.4, -0.2) is 12.9 Å². The predicted molar refractivity (Wildman–Crippen MR) is 80.0 cm³/mol. The number of carbonyl (C=O) groups excluding carboxylic acids is 1. The van der Waals surface area contributed by atoms with Crippen LogP contribution in [0.3, 0.4) is 0 Å². The van der Waals surface area contributed by atoms with Gasteiger partial charge < -0.3 is 4.74 Å². The molecule has 0 saturated carbocycles. The molecule has 106 valence electrons. The van der Waals surface area contributed by atoms with Crippen molar-refractivity contribution in [2.45, 2.75) is 58.8 Å². The van der Waals surface area contributed by atoms with E-state index in [0.717, 1.165) is 11.3 Å². The summed E-state index contributed by atoms with van der Waals surface area (Å²) in [5.74, 6) is 1.06. The molecule has 2 nitrogen and oxygen atoms in total. The van der Waals surface area contributed by atoms with Crippen molar-refractivity contribution in [1.29, 1.82) is 0 Å². The molecule has 1 aromatic rings. The van der Waals surface area contributed by atoms with E-state index in [1.54, 1.807) is 14.0 Å². The number of methoxy groups -OCH3 is 1. The molecule has 0 bridgehead atoms. The predicted octanol–water partition coefficient (Wildman–Crippen LogP) is 4.25. The lowest BCUT2D eigenvalue weighted by atomic mass is 9.76. The van der Waals surface area contributed by atoms with Crippen LogP contribution in [0.15, 0.2) is 18.2 Å². The largest absolute Gasteiger partial charge is 0.496 e. The molecule has 0 N–H and O–H groups in total. The van der Waals surface area contributed by atoms with Crippen LogP contribution in [0.1, 0.15) is 59.1 Å². The van der Waals surface area contributed by atoms with Gasteiger partial charge in [0.25, 0.3) is 0 Å². The summed E-state index contributed by atoms with van der Waals surface area (Å²) in [6.07, 6.45) is 0.525. The molecule has 0 heterocycles. The molecule has 0 spiro atoms. The first-order chi connectivity index (χ1) is 8.58. The molecule has 19 heavy (non-hydrogen) atoms. The summed E-state index contributed by atoms with van der Waals surface area (Å²) in [5, 5.41) is 0. The van der Waals surface area contributed by atoms with Gasteiger partial charge in [0.2, 0.25) is 0 Å². The van der Waals surface area contributed by atoms with Gasteiger partial charge in [0.05, 0.1) is 7.11 Å². The lowest BCUT2D eigenvalue weighted by Gasteiger charge is -2.29. The van der Waals surface area contributed by atoms with Crippen LogP contribution in [0.2, 0.25) is 0 Å². The van der Waals surface area contributed by atoms with Gasteiger partial charge >= 0.3 is 0 Å². The fourth-order valence-corrected chi connectivity index (χ4v) is 2.42. The number of rotatable bonds is 4. The minimum absolute atomic E-state index is 0.0906. The van der Waals surface area contributed by atoms with E-state index in [-0.39, 0.29) is 16.6 Å². The monoisotopic (exact) mass is 262 g/mol. The first-order valence-corrected chi connectivity index (χ1v) is 6.76. The highest BCUT2D eigenvalue weighted by Crippen LogP contribution is 2.37. The molecule has 0 aliphatic carbocycles. The average molecular weight is 262 g/mol. The maximum Gasteiger partial charge on any atom is 0.130 e. The lowest BCUT2D eigenvalue weighted by molar-refractivity contribution is -0.118. The Morgan fingerprint density at radius 2 is 1.74 bits per heavy atom. The van der Waals surface area contributed by atoms with E-state index in [4.69, 9.17) is 4.74 Å². The van der Waals surface area contributed by atoms with Crippen molar-refractivity contribution in [1.82, 2.24) is 0 Å². The second kappa shape index (κ2) is 5.36. The molecule has 1 aromatic carbocycles. The Morgan fingerprint density at radius 1 is 1.16 bits per heavy atom. The summed E-state index contributed by atoms with van der Waals surface area (Å²) in [6.45, 7) is 12.4. The van der Waals surface area contributed by atoms with E-state index < -0.39 is 0 Å². The third kappa shape index (κ3) is 3.82. The topological polar surface area (TPSA) is 26.3 Å². The Labute approximate surface area is 117 Å². The molecule has 1 rings (SSSR count). The van der Waals surface area contributed by atoms with E-state index in [2.05, 4.69) is 46.8 Å². The minimum atomic E-state index is -0.210. The lowest BCUT2D eigenvalue weighted by Crippen LogP contribution is -2.23. The molecule has 0 aliphatic heterocycles. The number of ether oxygens (including phenoxy) is 1. The Kier molecular flexibility index (Phi) is 4.44. The fraction of sp³-hybridized carbons (Fsp3) is 0.588. The van der Waals surface area contributed by atoms with Crippen LogP contribution >= 0.6 is 0 Å². The summed E-state index contributed by atoms with van der Waals surface area (Å²) >= 11 is 0. The maximum absolute atomic E-state index is 11.5. The van der Waals surface area contributed by atoms with E-state index in [1.165, 1.54) is 5.56 Å². The van der Waals surface area contributed by atoms with Crippen molar-refractivity contribution in [3.63, 3.8) is 0 Å². The third-order valence-electron chi connectivity index (χ3n) is 3.49. The SMILES string of the molecule is COc1ccc(C(C)(C)C)cc1C(C)(C)CC(C)=O. The van der Waals surface area contributed by atoms with Crippen LogP contribution in [0.5, 0.6) is 5.75 Å². The van der Waals surface area contributed by atoms with Crippen LogP contribution in [0.25, 0.3) is 0 Å². The smallest absolute Gasteiger partial charge is 0.130 e. The number of hydrogen-bond acceptors (Lipinski definition) is 2. The van der Waals surface area contributed by atoms with Crippen LogP contribution in [-0.2, 0) is 15.6 Å². The van der Waals surface area contributed by atoms with E-state index in [0.29, 0.717) is 6.42 Å². The Balaban J connectivity index is 3.34. The van der Waals surface area contributed by atoms with Crippen molar-refractivity contribution in [2.24, 2.45) is 0 Å². The number of benzene rings is 1. The van der Waals surface area contributed by atoms with Crippen molar-refractivity contribution < 1.29 is 9.53 Å². The average Bonchev–Trinajstić information content (AvgIpc) is 2.25. The summed E-state index contributed by atoms with van der Waals surface area (Å²) in [4.78, 5) is 11.5. The molecular weight excluding hydrogens is 236 g/mol. The highest BCUT2D eigenvalue weighted by atomic mass is 16.5. The van der Waals surface area contributed by atoms with Gasteiger partial charge in [-0.25, -0.2) is 0 Å². The van der Waals surface area contributed by atoms with Gasteiger partial charge in [0.1, 0.15) is 11.5 Å². The van der Waals surface area contributed by atoms with Gasteiger partial charge in [0, 0.05) is 17.4 Å². The highest BCUT2D eigenvalue weighted by molar-refractivity contribution is 5.77. The zero-order valence-corrected chi connectivity index (χ0v) is 13.3. The standard InChI is InChI=1S/C17H26O2/c1-12(18)11-17(5,6)14-10-13(16(2,3)4)8-9-15(14)19-7/h8-10H,11H2,1-7H3. The van der Waals surface area contributed by atoms with Crippen molar-refractivity contribution >= 4 is 5.78 Å². The fourth-order valence-electron chi connectivity index (χ4n) is 2.42. The Morgan fingerprint density at radius 3 is 2.16 bits per heavy atom. The summed E-state index contributed by atoms with van der Waals surface area (Å²) in [5.41, 5.74) is 2.25. The third-order valence-corrected chi connectivity index (χ3v) is 3.49. The molecule has 0 atom stereocenters. The first kappa shape index (κ1) is 15.7. The van der Waals surface area contributed by atoms with E-state index >= 15 is 0 Å². The Hall–Kier alpha value is -1.31. The van der Waals surface area contributed by atoms with Gasteiger partial charge in [-0.3, -0.25) is 4.79 Å².